The van der Waals surface area contributed by atoms with Gasteiger partial charge in [0.1, 0.15) is 0 Å². The predicted molar refractivity (Wildman–Crippen MR) is 33.9 cm³/mol. The highest BCUT2D eigenvalue weighted by Gasteiger charge is 2.17. The Morgan fingerprint density at radius 2 is 2.50 bits per heavy atom. The van der Waals surface area contributed by atoms with Crippen molar-refractivity contribution in [2.75, 3.05) is 6.54 Å². The molecule has 0 fully saturated rings. The maximum atomic E-state index is 11.7. The van der Waals surface area contributed by atoms with Crippen LogP contribution in [0.3, 0.4) is 0 Å². The lowest BCUT2D eigenvalue weighted by Crippen LogP contribution is -2.23. The Kier molecular flexibility index (Phi) is 2.19. The normalized spacial score (nSPS) is 24.8. The van der Waals surface area contributed by atoms with Gasteiger partial charge in [-0.3, -0.25) is 4.99 Å². The number of aliphatic imine (C=N–C) groups is 1. The first-order valence-electron chi connectivity index (χ1n) is 3.04. The molecule has 0 aromatic rings. The highest BCUT2D eigenvalue weighted by atomic mass is 19.3. The zero-order valence-corrected chi connectivity index (χ0v) is 5.59. The summed E-state index contributed by atoms with van der Waals surface area (Å²) in [5.41, 5.74) is 0. The molecule has 0 aromatic heterocycles. The lowest BCUT2D eigenvalue weighted by Gasteiger charge is -2.11. The molecule has 0 spiro atoms. The fourth-order valence-electron chi connectivity index (χ4n) is 0.743. The monoisotopic (exact) mass is 146 g/mol. The van der Waals surface area contributed by atoms with E-state index in [-0.39, 0.29) is 12.6 Å². The predicted octanol–water partition coefficient (Wildman–Crippen LogP) is 1.02. The first kappa shape index (κ1) is 7.44. The van der Waals surface area contributed by atoms with Gasteiger partial charge in [0.2, 0.25) is 0 Å². The molecule has 0 saturated heterocycles. The second-order valence-corrected chi connectivity index (χ2v) is 2.16. The van der Waals surface area contributed by atoms with Crippen molar-refractivity contribution in [1.82, 2.24) is 4.90 Å². The van der Waals surface area contributed by atoms with E-state index in [1.54, 1.807) is 6.54 Å². The van der Waals surface area contributed by atoms with Gasteiger partial charge < -0.3 is 4.90 Å². The largest absolute Gasteiger partial charge is 0.341 e. The van der Waals surface area contributed by atoms with Crippen LogP contribution in [0, 0.1) is 6.54 Å². The van der Waals surface area contributed by atoms with Crippen molar-refractivity contribution in [3.05, 3.63) is 6.54 Å². The van der Waals surface area contributed by atoms with Gasteiger partial charge in [-0.05, 0) is 6.92 Å². The Hall–Kier alpha value is -0.670. The molecular weight excluding hydrogens is 138 g/mol. The molecular formula is C6H8F2N2. The van der Waals surface area contributed by atoms with Crippen LogP contribution in [0.25, 0.3) is 0 Å². The van der Waals surface area contributed by atoms with E-state index in [1.165, 1.54) is 4.90 Å². The summed E-state index contributed by atoms with van der Waals surface area (Å²) in [5.74, 6) is 0. The van der Waals surface area contributed by atoms with Crippen molar-refractivity contribution in [3.63, 3.8) is 0 Å². The van der Waals surface area contributed by atoms with Crippen LogP contribution in [0.5, 0.6) is 0 Å². The van der Waals surface area contributed by atoms with Crippen LogP contribution in [-0.4, -0.2) is 30.3 Å². The first-order chi connectivity index (χ1) is 4.68. The molecule has 2 radical (unpaired) electrons. The number of halogens is 2. The fourth-order valence-corrected chi connectivity index (χ4v) is 0.743. The minimum Gasteiger partial charge on any atom is -0.341 e. The van der Waals surface area contributed by atoms with E-state index in [9.17, 15) is 8.78 Å². The average Bonchev–Trinajstić information content (AvgIpc) is 2.13. The number of nitrogens with zero attached hydrogens (tertiary/aromatic N) is 2. The summed E-state index contributed by atoms with van der Waals surface area (Å²) in [6.07, 6.45) is 0.145. The van der Waals surface area contributed by atoms with E-state index in [2.05, 4.69) is 11.3 Å². The zero-order chi connectivity index (χ0) is 7.56. The molecule has 0 aliphatic carbocycles. The van der Waals surface area contributed by atoms with Crippen molar-refractivity contribution in [2.24, 2.45) is 4.99 Å². The van der Waals surface area contributed by atoms with Gasteiger partial charge in [0, 0.05) is 0 Å². The molecule has 0 aromatic carbocycles. The lowest BCUT2D eigenvalue weighted by molar-refractivity contribution is 0.126. The molecule has 1 unspecified atom stereocenters. The topological polar surface area (TPSA) is 15.6 Å². The molecule has 2 nitrogen and oxygen atoms in total. The minimum atomic E-state index is -2.32. The Balaban J connectivity index is 2.26. The van der Waals surface area contributed by atoms with Gasteiger partial charge in [-0.1, -0.05) is 0 Å². The Morgan fingerprint density at radius 1 is 1.80 bits per heavy atom. The van der Waals surface area contributed by atoms with Gasteiger partial charge in [0.25, 0.3) is 6.43 Å². The summed E-state index contributed by atoms with van der Waals surface area (Å²) in [4.78, 5) is 5.04. The highest BCUT2D eigenvalue weighted by Crippen LogP contribution is 2.09. The maximum absolute atomic E-state index is 11.7. The van der Waals surface area contributed by atoms with Crippen molar-refractivity contribution in [2.45, 2.75) is 19.4 Å². The second-order valence-electron chi connectivity index (χ2n) is 2.16. The molecule has 1 aliphatic heterocycles. The minimum absolute atomic E-state index is 0.00116. The first-order valence-corrected chi connectivity index (χ1v) is 3.04. The van der Waals surface area contributed by atoms with Crippen LogP contribution in [0.1, 0.15) is 6.92 Å². The molecule has 1 rings (SSSR count). The Bertz CT molecular complexity index is 136. The van der Waals surface area contributed by atoms with Crippen LogP contribution < -0.4 is 0 Å². The Labute approximate surface area is 58.5 Å². The molecule has 56 valence electrons. The zero-order valence-electron chi connectivity index (χ0n) is 5.59. The van der Waals surface area contributed by atoms with Crippen LogP contribution in [0.4, 0.5) is 8.78 Å². The van der Waals surface area contributed by atoms with E-state index in [1.807, 2.05) is 6.92 Å². The van der Waals surface area contributed by atoms with Gasteiger partial charge in [-0.15, -0.1) is 0 Å². The average molecular weight is 146 g/mol. The lowest BCUT2D eigenvalue weighted by atomic mass is 10.3. The van der Waals surface area contributed by atoms with Crippen molar-refractivity contribution in [1.29, 1.82) is 0 Å². The maximum Gasteiger partial charge on any atom is 0.255 e. The van der Waals surface area contributed by atoms with E-state index in [0.717, 1.165) is 0 Å². The third-order valence-corrected chi connectivity index (χ3v) is 1.12. The Morgan fingerprint density at radius 3 is 2.90 bits per heavy atom. The molecule has 4 heteroatoms. The summed E-state index contributed by atoms with van der Waals surface area (Å²) in [5, 5.41) is 0. The second kappa shape index (κ2) is 2.94. The van der Waals surface area contributed by atoms with Crippen LogP contribution in [0.2, 0.25) is 0 Å². The summed E-state index contributed by atoms with van der Waals surface area (Å²) >= 11 is 0. The van der Waals surface area contributed by atoms with E-state index < -0.39 is 6.43 Å². The number of alkyl halides is 2. The smallest absolute Gasteiger partial charge is 0.255 e. The van der Waals surface area contributed by atoms with Crippen molar-refractivity contribution < 1.29 is 8.78 Å². The third kappa shape index (κ3) is 1.93. The fraction of sp³-hybridized carbons (Fsp3) is 0.667. The quantitative estimate of drug-likeness (QED) is 0.568. The van der Waals surface area contributed by atoms with Gasteiger partial charge in [0.15, 0.2) is 6.34 Å². The van der Waals surface area contributed by atoms with Gasteiger partial charge in [0.05, 0.1) is 19.1 Å². The van der Waals surface area contributed by atoms with Gasteiger partial charge in [-0.25, -0.2) is 8.78 Å². The van der Waals surface area contributed by atoms with E-state index in [4.69, 9.17) is 0 Å². The molecule has 1 heterocycles. The molecule has 1 atom stereocenters. The van der Waals surface area contributed by atoms with Crippen molar-refractivity contribution in [3.8, 4) is 0 Å². The van der Waals surface area contributed by atoms with Crippen LogP contribution in [-0.2, 0) is 0 Å². The molecule has 0 amide bonds. The van der Waals surface area contributed by atoms with Crippen LogP contribution >= 0.6 is 0 Å². The summed E-state index contributed by atoms with van der Waals surface area (Å²) in [6.45, 7) is 3.14. The number of rotatable bonds is 2. The summed E-state index contributed by atoms with van der Waals surface area (Å²) in [6, 6.07) is -0.00116. The summed E-state index contributed by atoms with van der Waals surface area (Å²) in [7, 11) is 0. The molecule has 0 bridgehead atoms. The van der Waals surface area contributed by atoms with E-state index >= 15 is 0 Å². The SMILES string of the molecule is CC1[CH]N(CC(F)F)[C]=N1. The van der Waals surface area contributed by atoms with Crippen LogP contribution in [0.15, 0.2) is 4.99 Å². The number of hydrogen-bond acceptors (Lipinski definition) is 2. The van der Waals surface area contributed by atoms with Gasteiger partial charge in [-0.2, -0.15) is 0 Å². The molecule has 0 N–H and O–H groups in total. The van der Waals surface area contributed by atoms with Crippen molar-refractivity contribution >= 4 is 6.34 Å². The van der Waals surface area contributed by atoms with E-state index in [0.29, 0.717) is 0 Å². The van der Waals surface area contributed by atoms with Gasteiger partial charge >= 0.3 is 0 Å². The third-order valence-electron chi connectivity index (χ3n) is 1.12. The molecule has 0 saturated carbocycles. The highest BCUT2D eigenvalue weighted by molar-refractivity contribution is 5.59. The number of hydrogen-bond donors (Lipinski definition) is 0. The standard InChI is InChI=1S/C6H8F2N2/c1-5-2-10(4-9-5)3-6(7)8/h2,5-6H,3H2,1H3. The molecule has 10 heavy (non-hydrogen) atoms. The summed E-state index contributed by atoms with van der Waals surface area (Å²) < 4.78 is 23.3. The molecule has 1 aliphatic rings.